The Balaban J connectivity index is 0.904. The second-order valence-corrected chi connectivity index (χ2v) is 23.4. The molecule has 7 aliphatic carbocycles. The van der Waals surface area contributed by atoms with E-state index in [0.717, 1.165) is 17.5 Å². The van der Waals surface area contributed by atoms with Crippen LogP contribution >= 0.6 is 0 Å². The fourth-order valence-electron chi connectivity index (χ4n) is 17.3. The van der Waals surface area contributed by atoms with E-state index in [-0.39, 0.29) is 5.41 Å². The van der Waals surface area contributed by atoms with Gasteiger partial charge in [-0.2, -0.15) is 0 Å². The van der Waals surface area contributed by atoms with Gasteiger partial charge < -0.3 is 4.90 Å². The van der Waals surface area contributed by atoms with Gasteiger partial charge in [-0.3, -0.25) is 0 Å². The molecule has 0 N–H and O–H groups in total. The molecule has 0 aliphatic heterocycles. The van der Waals surface area contributed by atoms with Crippen LogP contribution in [0.25, 0.3) is 77.9 Å². The molecule has 4 fully saturated rings. The Morgan fingerprint density at radius 3 is 1.28 bits per heavy atom. The van der Waals surface area contributed by atoms with E-state index in [0.29, 0.717) is 11.8 Å². The largest absolute Gasteiger partial charge is 0.310 e. The zero-order chi connectivity index (χ0) is 51.1. The first-order chi connectivity index (χ1) is 38.7. The van der Waals surface area contributed by atoms with Gasteiger partial charge in [0, 0.05) is 22.4 Å². The predicted molar refractivity (Wildman–Crippen MR) is 322 cm³/mol. The third kappa shape index (κ3) is 6.02. The monoisotopic (exact) mass is 995 g/mol. The number of benzene rings is 11. The smallest absolute Gasteiger partial charge is 0.0726 e. The highest BCUT2D eigenvalue weighted by Gasteiger charge is 2.62. The Morgan fingerprint density at radius 1 is 0.269 bits per heavy atom. The van der Waals surface area contributed by atoms with Gasteiger partial charge in [0.05, 0.1) is 11.1 Å². The van der Waals surface area contributed by atoms with Crippen LogP contribution in [0.2, 0.25) is 0 Å². The Bertz CT molecular complexity index is 4090. The number of hydrogen-bond acceptors (Lipinski definition) is 1. The third-order valence-corrected chi connectivity index (χ3v) is 19.9. The van der Waals surface area contributed by atoms with Crippen molar-refractivity contribution >= 4 is 17.1 Å². The van der Waals surface area contributed by atoms with Crippen molar-refractivity contribution in [3.63, 3.8) is 0 Å². The predicted octanol–water partition coefficient (Wildman–Crippen LogP) is 19.9. The van der Waals surface area contributed by atoms with Crippen molar-refractivity contribution in [1.82, 2.24) is 0 Å². The summed E-state index contributed by atoms with van der Waals surface area (Å²) in [5, 5.41) is 0. The summed E-state index contributed by atoms with van der Waals surface area (Å²) in [6.07, 6.45) is 6.88. The van der Waals surface area contributed by atoms with Crippen LogP contribution in [0.1, 0.15) is 65.5 Å². The highest BCUT2D eigenvalue weighted by atomic mass is 15.1. The first-order valence-electron chi connectivity index (χ1n) is 28.6. The van der Waals surface area contributed by atoms with Crippen LogP contribution in [0.15, 0.2) is 261 Å². The zero-order valence-corrected chi connectivity index (χ0v) is 43.6. The van der Waals surface area contributed by atoms with Gasteiger partial charge in [0.2, 0.25) is 0 Å². The van der Waals surface area contributed by atoms with Crippen molar-refractivity contribution < 1.29 is 0 Å². The number of hydrogen-bond donors (Lipinski definition) is 0. The Kier molecular flexibility index (Phi) is 9.59. The zero-order valence-electron chi connectivity index (χ0n) is 43.6. The Hall–Kier alpha value is -8.78. The third-order valence-electron chi connectivity index (χ3n) is 19.9. The van der Waals surface area contributed by atoms with Crippen LogP contribution in [0.5, 0.6) is 0 Å². The summed E-state index contributed by atoms with van der Waals surface area (Å²) in [5.74, 6) is 3.12. The van der Waals surface area contributed by atoms with Crippen molar-refractivity contribution in [2.45, 2.75) is 42.9 Å². The molecule has 4 saturated carbocycles. The van der Waals surface area contributed by atoms with E-state index >= 15 is 0 Å². The van der Waals surface area contributed by atoms with Crippen LogP contribution in [-0.2, 0) is 10.8 Å². The second kappa shape index (κ2) is 16.9. The second-order valence-electron chi connectivity index (χ2n) is 23.4. The Morgan fingerprint density at radius 2 is 0.692 bits per heavy atom. The molecule has 0 unspecified atom stereocenters. The van der Waals surface area contributed by atoms with E-state index in [9.17, 15) is 0 Å². The highest BCUT2D eigenvalue weighted by molar-refractivity contribution is 6.05. The minimum absolute atomic E-state index is 0.0513. The van der Waals surface area contributed by atoms with Crippen molar-refractivity contribution in [2.24, 2.45) is 23.7 Å². The molecule has 0 atom stereocenters. The molecular formula is C77H57N. The van der Waals surface area contributed by atoms with Gasteiger partial charge in [0.15, 0.2) is 0 Å². The Labute approximate surface area is 458 Å². The molecule has 370 valence electrons. The molecule has 7 aliphatic rings. The van der Waals surface area contributed by atoms with Crippen molar-refractivity contribution in [2.75, 3.05) is 4.90 Å². The maximum Gasteiger partial charge on any atom is 0.0726 e. The molecule has 0 aromatic heterocycles. The van der Waals surface area contributed by atoms with Gasteiger partial charge in [-0.1, -0.05) is 231 Å². The lowest BCUT2D eigenvalue weighted by atomic mass is 9.43. The van der Waals surface area contributed by atoms with E-state index in [4.69, 9.17) is 0 Å². The maximum absolute atomic E-state index is 2.63. The summed E-state index contributed by atoms with van der Waals surface area (Å²) in [5.41, 5.74) is 29.7. The minimum Gasteiger partial charge on any atom is -0.310 e. The number of nitrogens with zero attached hydrogens (tertiary/aromatic N) is 1. The molecule has 0 radical (unpaired) electrons. The fraction of sp³-hybridized carbons (Fsp3) is 0.143. The summed E-state index contributed by atoms with van der Waals surface area (Å²) in [6.45, 7) is 0. The van der Waals surface area contributed by atoms with Crippen LogP contribution in [0.3, 0.4) is 0 Å². The molecule has 0 heterocycles. The van der Waals surface area contributed by atoms with E-state index in [1.807, 2.05) is 0 Å². The van der Waals surface area contributed by atoms with E-state index in [1.165, 1.54) is 144 Å². The average molecular weight is 996 g/mol. The average Bonchev–Trinajstić information content (AvgIpc) is 3.73. The van der Waals surface area contributed by atoms with Crippen LogP contribution in [0.4, 0.5) is 17.1 Å². The summed E-state index contributed by atoms with van der Waals surface area (Å²) in [4.78, 5) is 2.63. The SMILES string of the molecule is c1ccc(-c2ccccc2-c2ccc(N(c3ccc4c(c3)-c3ccccc3C43c4cccc(-c5ccccc5)c4-c4c(-c5ccccc5)cccc43)c3cccc4c3-c3ccccc3C43C4CC5CC(C4)CC3C5)cc2)cc1. The van der Waals surface area contributed by atoms with Gasteiger partial charge in [0.1, 0.15) is 0 Å². The van der Waals surface area contributed by atoms with Gasteiger partial charge in [0.25, 0.3) is 0 Å². The molecule has 2 spiro atoms. The van der Waals surface area contributed by atoms with Crippen LogP contribution in [-0.4, -0.2) is 0 Å². The summed E-state index contributed by atoms with van der Waals surface area (Å²) < 4.78 is 0. The van der Waals surface area contributed by atoms with Gasteiger partial charge >= 0.3 is 0 Å². The normalized spacial score (nSPS) is 20.7. The lowest BCUT2D eigenvalue weighted by Gasteiger charge is -2.61. The lowest BCUT2D eigenvalue weighted by molar-refractivity contribution is -0.0399. The molecule has 4 bridgehead atoms. The lowest BCUT2D eigenvalue weighted by Crippen LogP contribution is -2.55. The standard InChI is InChI=1S/C77H57N/c1-4-19-51(20-5-1)59-25-10-11-26-60(59)54-37-39-57(40-38-54)78(72-36-18-35-69-73(72)64-28-13-15-32-67(64)76(69)55-44-49-43-50(46-55)47-56(76)45-49)58-41-42-68-65(48-58)63-27-12-14-31-66(63)77(68)70-33-16-29-61(52-21-6-2-7-22-52)74(70)75-62(30-17-34-71(75)77)53-23-8-3-9-24-53/h1-42,48-50,55-56H,43-47H2. The van der Waals surface area contributed by atoms with Crippen LogP contribution < -0.4 is 4.90 Å². The summed E-state index contributed by atoms with van der Waals surface area (Å²) >= 11 is 0. The highest BCUT2D eigenvalue weighted by Crippen LogP contribution is 2.71. The van der Waals surface area contributed by atoms with Gasteiger partial charge in [-0.25, -0.2) is 0 Å². The van der Waals surface area contributed by atoms with E-state index in [1.54, 1.807) is 11.1 Å². The van der Waals surface area contributed by atoms with Crippen molar-refractivity contribution in [3.05, 3.63) is 294 Å². The van der Waals surface area contributed by atoms with Gasteiger partial charge in [-0.15, -0.1) is 0 Å². The molecular weight excluding hydrogens is 939 g/mol. The van der Waals surface area contributed by atoms with Crippen molar-refractivity contribution in [3.8, 4) is 77.9 Å². The molecule has 0 amide bonds. The van der Waals surface area contributed by atoms with Crippen molar-refractivity contribution in [1.29, 1.82) is 0 Å². The molecule has 11 aromatic carbocycles. The molecule has 11 aromatic rings. The quantitative estimate of drug-likeness (QED) is 0.154. The fourth-order valence-corrected chi connectivity index (χ4v) is 17.3. The topological polar surface area (TPSA) is 3.24 Å². The summed E-state index contributed by atoms with van der Waals surface area (Å²) in [7, 11) is 0. The van der Waals surface area contributed by atoms with Gasteiger partial charge in [-0.05, 0) is 192 Å². The number of rotatable bonds is 7. The maximum atomic E-state index is 2.63. The molecule has 18 rings (SSSR count). The van der Waals surface area contributed by atoms with E-state index in [2.05, 4.69) is 266 Å². The molecule has 1 heteroatoms. The molecule has 78 heavy (non-hydrogen) atoms. The van der Waals surface area contributed by atoms with E-state index < -0.39 is 5.41 Å². The van der Waals surface area contributed by atoms with Crippen LogP contribution in [0, 0.1) is 23.7 Å². The first kappa shape index (κ1) is 44.4. The first-order valence-corrected chi connectivity index (χ1v) is 28.6. The molecule has 0 saturated heterocycles. The summed E-state index contributed by atoms with van der Waals surface area (Å²) in [6, 6.07) is 99.3. The number of anilines is 3. The number of fused-ring (bicyclic) bond motifs is 13. The minimum atomic E-state index is -0.540. The molecule has 1 nitrogen and oxygen atoms in total.